The normalized spacial score (nSPS) is 12.0. The van der Waals surface area contributed by atoms with Crippen molar-refractivity contribution < 1.29 is 14.3 Å². The first-order chi connectivity index (χ1) is 9.91. The monoisotopic (exact) mass is 289 g/mol. The summed E-state index contributed by atoms with van der Waals surface area (Å²) in [6, 6.07) is 6.56. The predicted molar refractivity (Wildman–Crippen MR) is 75.9 cm³/mol. The van der Waals surface area contributed by atoms with Crippen molar-refractivity contribution in [3.63, 3.8) is 0 Å². The maximum absolute atomic E-state index is 12.1. The second-order valence-corrected chi connectivity index (χ2v) is 4.73. The Bertz CT molecular complexity index is 751. The number of hydrogen-bond donors (Lipinski definition) is 1. The van der Waals surface area contributed by atoms with Crippen LogP contribution < -0.4 is 5.56 Å². The fourth-order valence-electron chi connectivity index (χ4n) is 1.90. The van der Waals surface area contributed by atoms with Crippen LogP contribution in [-0.4, -0.2) is 47.2 Å². The highest BCUT2D eigenvalue weighted by Gasteiger charge is 2.23. The van der Waals surface area contributed by atoms with Gasteiger partial charge >= 0.3 is 5.97 Å². The number of hydrogen-bond acceptors (Lipinski definition) is 5. The fourth-order valence-corrected chi connectivity index (χ4v) is 1.90. The first-order valence-electron chi connectivity index (χ1n) is 6.31. The second kappa shape index (κ2) is 5.74. The van der Waals surface area contributed by atoms with Crippen molar-refractivity contribution in [2.24, 2.45) is 0 Å². The van der Waals surface area contributed by atoms with E-state index in [0.29, 0.717) is 10.8 Å². The Morgan fingerprint density at radius 3 is 2.48 bits per heavy atom. The molecular formula is C14H15N3O4. The lowest BCUT2D eigenvalue weighted by molar-refractivity contribution is -0.137. The third-order valence-electron chi connectivity index (χ3n) is 2.96. The summed E-state index contributed by atoms with van der Waals surface area (Å²) < 4.78 is 5.09. The molecule has 0 aliphatic rings. The van der Waals surface area contributed by atoms with E-state index < -0.39 is 12.1 Å². The zero-order valence-corrected chi connectivity index (χ0v) is 11.9. The minimum absolute atomic E-state index is 0.0244. The summed E-state index contributed by atoms with van der Waals surface area (Å²) in [6.45, 7) is 1.48. The summed E-state index contributed by atoms with van der Waals surface area (Å²) in [5.41, 5.74) is -0.414. The molecule has 1 aromatic heterocycles. The molecule has 1 heterocycles. The molecule has 2 aromatic rings. The number of ether oxygens (including phenoxy) is 1. The van der Waals surface area contributed by atoms with Crippen molar-refractivity contribution in [3.05, 3.63) is 40.3 Å². The van der Waals surface area contributed by atoms with Crippen LogP contribution in [0.1, 0.15) is 17.4 Å². The molecule has 1 amide bonds. The van der Waals surface area contributed by atoms with Crippen LogP contribution in [0.3, 0.4) is 0 Å². The molecular weight excluding hydrogens is 274 g/mol. The van der Waals surface area contributed by atoms with Gasteiger partial charge in [0.15, 0.2) is 11.8 Å². The minimum Gasteiger partial charge on any atom is -0.448 e. The number of amides is 1. The Hall–Kier alpha value is -2.70. The van der Waals surface area contributed by atoms with Gasteiger partial charge in [0.05, 0.1) is 5.39 Å². The summed E-state index contributed by atoms with van der Waals surface area (Å²) in [5.74, 6) is -1.10. The maximum Gasteiger partial charge on any atom is 0.360 e. The summed E-state index contributed by atoms with van der Waals surface area (Å²) in [7, 11) is 3.14. The van der Waals surface area contributed by atoms with E-state index in [0.717, 1.165) is 0 Å². The zero-order chi connectivity index (χ0) is 15.6. The molecule has 1 N–H and O–H groups in total. The van der Waals surface area contributed by atoms with E-state index in [1.807, 2.05) is 0 Å². The Morgan fingerprint density at radius 2 is 1.86 bits per heavy atom. The smallest absolute Gasteiger partial charge is 0.360 e. The van der Waals surface area contributed by atoms with Crippen molar-refractivity contribution >= 4 is 22.6 Å². The summed E-state index contributed by atoms with van der Waals surface area (Å²) in [5, 5.41) is 6.70. The first kappa shape index (κ1) is 14.7. The molecule has 2 rings (SSSR count). The van der Waals surface area contributed by atoms with Gasteiger partial charge in [-0.25, -0.2) is 9.89 Å². The number of H-pyrrole nitrogens is 1. The van der Waals surface area contributed by atoms with Gasteiger partial charge in [0, 0.05) is 19.5 Å². The Kier molecular flexibility index (Phi) is 4.02. The molecule has 1 aromatic carbocycles. The van der Waals surface area contributed by atoms with Gasteiger partial charge in [0.2, 0.25) is 0 Å². The third-order valence-corrected chi connectivity index (χ3v) is 2.96. The Balaban J connectivity index is 2.35. The molecule has 0 saturated heterocycles. The number of rotatable bonds is 3. The van der Waals surface area contributed by atoms with Crippen LogP contribution in [0.5, 0.6) is 0 Å². The van der Waals surface area contributed by atoms with E-state index in [1.54, 1.807) is 38.4 Å². The lowest BCUT2D eigenvalue weighted by Gasteiger charge is -2.17. The number of benzene rings is 1. The van der Waals surface area contributed by atoms with Crippen LogP contribution in [0.4, 0.5) is 0 Å². The average molecular weight is 289 g/mol. The minimum atomic E-state index is -0.931. The molecule has 0 aliphatic heterocycles. The molecule has 7 nitrogen and oxygen atoms in total. The van der Waals surface area contributed by atoms with Crippen LogP contribution in [0.15, 0.2) is 29.1 Å². The van der Waals surface area contributed by atoms with Gasteiger partial charge in [-0.15, -0.1) is 0 Å². The van der Waals surface area contributed by atoms with Gasteiger partial charge in [0.25, 0.3) is 11.5 Å². The van der Waals surface area contributed by atoms with E-state index in [9.17, 15) is 14.4 Å². The van der Waals surface area contributed by atoms with Gasteiger partial charge in [0.1, 0.15) is 0 Å². The highest BCUT2D eigenvalue weighted by molar-refractivity contribution is 6.02. The van der Waals surface area contributed by atoms with Gasteiger partial charge in [-0.1, -0.05) is 18.2 Å². The van der Waals surface area contributed by atoms with Gasteiger partial charge in [-0.05, 0) is 13.0 Å². The SMILES string of the molecule is C[C@H](OC(=O)c1n[nH]c(=O)c2ccccc12)C(=O)N(C)C. The lowest BCUT2D eigenvalue weighted by atomic mass is 10.1. The van der Waals surface area contributed by atoms with Crippen molar-refractivity contribution in [3.8, 4) is 0 Å². The van der Waals surface area contributed by atoms with Crippen molar-refractivity contribution in [2.45, 2.75) is 13.0 Å². The molecule has 0 unspecified atom stereocenters. The van der Waals surface area contributed by atoms with Crippen LogP contribution in [0, 0.1) is 0 Å². The molecule has 7 heteroatoms. The van der Waals surface area contributed by atoms with Crippen LogP contribution >= 0.6 is 0 Å². The molecule has 0 bridgehead atoms. The maximum atomic E-state index is 12.1. The highest BCUT2D eigenvalue weighted by atomic mass is 16.5. The van der Waals surface area contributed by atoms with Crippen LogP contribution in [-0.2, 0) is 9.53 Å². The Morgan fingerprint density at radius 1 is 1.24 bits per heavy atom. The van der Waals surface area contributed by atoms with E-state index >= 15 is 0 Å². The number of esters is 1. The molecule has 0 spiro atoms. The molecule has 0 aliphatic carbocycles. The number of carbonyl (C=O) groups is 2. The third kappa shape index (κ3) is 2.91. The van der Waals surface area contributed by atoms with Gasteiger partial charge < -0.3 is 9.64 Å². The molecule has 0 radical (unpaired) electrons. The molecule has 1 atom stereocenters. The van der Waals surface area contributed by atoms with Crippen LogP contribution in [0.25, 0.3) is 10.8 Å². The van der Waals surface area contributed by atoms with Gasteiger partial charge in [-0.3, -0.25) is 9.59 Å². The van der Waals surface area contributed by atoms with Crippen LogP contribution in [0.2, 0.25) is 0 Å². The van der Waals surface area contributed by atoms with E-state index in [4.69, 9.17) is 4.74 Å². The standard InChI is InChI=1S/C14H15N3O4/c1-8(13(19)17(2)3)21-14(20)11-9-6-4-5-7-10(9)12(18)16-15-11/h4-8H,1-3H3,(H,16,18)/t8-/m0/s1. The summed E-state index contributed by atoms with van der Waals surface area (Å²) >= 11 is 0. The number of aromatic amines is 1. The largest absolute Gasteiger partial charge is 0.448 e. The Labute approximate surface area is 120 Å². The molecule has 0 fully saturated rings. The van der Waals surface area contributed by atoms with Crippen molar-refractivity contribution in [1.29, 1.82) is 0 Å². The number of fused-ring (bicyclic) bond motifs is 1. The van der Waals surface area contributed by atoms with Crippen molar-refractivity contribution in [1.82, 2.24) is 15.1 Å². The second-order valence-electron chi connectivity index (χ2n) is 4.73. The van der Waals surface area contributed by atoms with Crippen molar-refractivity contribution in [2.75, 3.05) is 14.1 Å². The number of carbonyl (C=O) groups excluding carboxylic acids is 2. The highest BCUT2D eigenvalue weighted by Crippen LogP contribution is 2.14. The molecule has 21 heavy (non-hydrogen) atoms. The molecule has 0 saturated carbocycles. The molecule has 110 valence electrons. The summed E-state index contributed by atoms with van der Waals surface area (Å²) in [6.07, 6.45) is -0.931. The first-order valence-corrected chi connectivity index (χ1v) is 6.31. The number of likely N-dealkylation sites (N-methyl/N-ethyl adjacent to an activating group) is 1. The predicted octanol–water partition coefficient (Wildman–Crippen LogP) is 0.557. The van der Waals surface area contributed by atoms with E-state index in [-0.39, 0.29) is 17.2 Å². The topological polar surface area (TPSA) is 92.4 Å². The number of aromatic nitrogens is 2. The summed E-state index contributed by atoms with van der Waals surface area (Å²) in [4.78, 5) is 36.8. The van der Waals surface area contributed by atoms with Gasteiger partial charge in [-0.2, -0.15) is 5.10 Å². The number of nitrogens with zero attached hydrogens (tertiary/aromatic N) is 2. The van der Waals surface area contributed by atoms with E-state index in [2.05, 4.69) is 10.2 Å². The lowest BCUT2D eigenvalue weighted by Crippen LogP contribution is -2.35. The average Bonchev–Trinajstić information content (AvgIpc) is 2.46. The number of nitrogens with one attached hydrogen (secondary N) is 1. The van der Waals surface area contributed by atoms with E-state index in [1.165, 1.54) is 11.8 Å². The fraction of sp³-hybridized carbons (Fsp3) is 0.286. The zero-order valence-electron chi connectivity index (χ0n) is 11.9. The quantitative estimate of drug-likeness (QED) is 0.833.